The molecule has 2 amide bonds. The summed E-state index contributed by atoms with van der Waals surface area (Å²) in [6, 6.07) is 19.8. The first-order valence-electron chi connectivity index (χ1n) is 7.11. The SMILES string of the molecule is CN1C(=O)[C@@H]2[C@H](C1=O)C2(c1ccccc1)c1ccccc1. The lowest BCUT2D eigenvalue weighted by Crippen LogP contribution is -2.36. The van der Waals surface area contributed by atoms with Crippen molar-refractivity contribution in [3.8, 4) is 0 Å². The number of fused-ring (bicyclic) bond motifs is 1. The molecule has 1 saturated carbocycles. The average Bonchev–Trinajstić information content (AvgIpc) is 3.19. The van der Waals surface area contributed by atoms with Crippen LogP contribution in [-0.2, 0) is 15.0 Å². The van der Waals surface area contributed by atoms with Gasteiger partial charge >= 0.3 is 0 Å². The fraction of sp³-hybridized carbons (Fsp3) is 0.222. The predicted octanol–water partition coefficient (Wildman–Crippen LogP) is 2.22. The van der Waals surface area contributed by atoms with E-state index >= 15 is 0 Å². The molecule has 2 aliphatic rings. The normalized spacial score (nSPS) is 25.9. The summed E-state index contributed by atoms with van der Waals surface area (Å²) in [5.41, 5.74) is 1.64. The minimum atomic E-state index is -0.469. The lowest BCUT2D eigenvalue weighted by molar-refractivity contribution is -0.140. The van der Waals surface area contributed by atoms with Gasteiger partial charge in [0.1, 0.15) is 0 Å². The van der Waals surface area contributed by atoms with Crippen molar-refractivity contribution < 1.29 is 9.59 Å². The number of rotatable bonds is 2. The highest BCUT2D eigenvalue weighted by Crippen LogP contribution is 2.67. The number of hydrogen-bond donors (Lipinski definition) is 0. The van der Waals surface area contributed by atoms with Crippen LogP contribution in [0.5, 0.6) is 0 Å². The number of hydrogen-bond acceptors (Lipinski definition) is 2. The van der Waals surface area contributed by atoms with Crippen molar-refractivity contribution in [2.24, 2.45) is 11.8 Å². The van der Waals surface area contributed by atoms with Crippen LogP contribution in [0.25, 0.3) is 0 Å². The van der Waals surface area contributed by atoms with Crippen molar-refractivity contribution in [3.63, 3.8) is 0 Å². The Morgan fingerprint density at radius 3 is 1.52 bits per heavy atom. The maximum atomic E-state index is 12.4. The van der Waals surface area contributed by atoms with Gasteiger partial charge < -0.3 is 0 Å². The van der Waals surface area contributed by atoms with Crippen molar-refractivity contribution in [1.82, 2.24) is 4.90 Å². The first kappa shape index (κ1) is 12.3. The number of carbonyl (C=O) groups excluding carboxylic acids is 2. The van der Waals surface area contributed by atoms with Gasteiger partial charge in [0, 0.05) is 12.5 Å². The summed E-state index contributed by atoms with van der Waals surface area (Å²) in [7, 11) is 1.58. The highest BCUT2D eigenvalue weighted by Gasteiger charge is 2.77. The summed E-state index contributed by atoms with van der Waals surface area (Å²) >= 11 is 0. The fourth-order valence-electron chi connectivity index (χ4n) is 3.90. The van der Waals surface area contributed by atoms with Crippen LogP contribution in [0.1, 0.15) is 11.1 Å². The van der Waals surface area contributed by atoms with E-state index in [-0.39, 0.29) is 23.7 Å². The molecule has 0 spiro atoms. The Morgan fingerprint density at radius 1 is 0.762 bits per heavy atom. The smallest absolute Gasteiger partial charge is 0.234 e. The van der Waals surface area contributed by atoms with Crippen LogP contribution in [0.3, 0.4) is 0 Å². The van der Waals surface area contributed by atoms with E-state index in [2.05, 4.69) is 0 Å². The molecule has 2 fully saturated rings. The second-order valence-corrected chi connectivity index (χ2v) is 5.79. The number of likely N-dealkylation sites (tertiary alicyclic amines) is 1. The van der Waals surface area contributed by atoms with Gasteiger partial charge in [-0.05, 0) is 11.1 Å². The molecule has 3 nitrogen and oxygen atoms in total. The van der Waals surface area contributed by atoms with Crippen LogP contribution in [0, 0.1) is 11.8 Å². The molecule has 1 heterocycles. The third-order valence-corrected chi connectivity index (χ3v) is 4.90. The molecule has 4 rings (SSSR count). The lowest BCUT2D eigenvalue weighted by Gasteiger charge is -2.24. The first-order valence-corrected chi connectivity index (χ1v) is 7.11. The van der Waals surface area contributed by atoms with Crippen molar-refractivity contribution in [2.75, 3.05) is 7.05 Å². The van der Waals surface area contributed by atoms with Gasteiger partial charge in [0.2, 0.25) is 11.8 Å². The molecule has 0 unspecified atom stereocenters. The third kappa shape index (κ3) is 1.38. The molecule has 104 valence electrons. The summed E-state index contributed by atoms with van der Waals surface area (Å²) < 4.78 is 0. The van der Waals surface area contributed by atoms with Crippen LogP contribution in [-0.4, -0.2) is 23.8 Å². The van der Waals surface area contributed by atoms with Crippen molar-refractivity contribution in [2.45, 2.75) is 5.41 Å². The number of carbonyl (C=O) groups is 2. The summed E-state index contributed by atoms with van der Waals surface area (Å²) in [4.78, 5) is 26.1. The van der Waals surface area contributed by atoms with Crippen LogP contribution < -0.4 is 0 Å². The average molecular weight is 277 g/mol. The Hall–Kier alpha value is -2.42. The van der Waals surface area contributed by atoms with Gasteiger partial charge in [-0.25, -0.2) is 0 Å². The molecule has 0 aromatic heterocycles. The molecule has 1 saturated heterocycles. The molecule has 2 aromatic carbocycles. The maximum absolute atomic E-state index is 12.4. The van der Waals surface area contributed by atoms with Gasteiger partial charge in [0.05, 0.1) is 11.8 Å². The fourth-order valence-corrected chi connectivity index (χ4v) is 3.90. The second kappa shape index (κ2) is 4.04. The molecule has 1 aliphatic carbocycles. The van der Waals surface area contributed by atoms with Crippen molar-refractivity contribution >= 4 is 11.8 Å². The lowest BCUT2D eigenvalue weighted by atomic mass is 9.83. The maximum Gasteiger partial charge on any atom is 0.234 e. The molecular formula is C18H15NO2. The molecule has 2 aromatic rings. The van der Waals surface area contributed by atoms with Crippen LogP contribution in [0.2, 0.25) is 0 Å². The zero-order valence-electron chi connectivity index (χ0n) is 11.7. The highest BCUT2D eigenvalue weighted by atomic mass is 16.2. The van der Waals surface area contributed by atoms with Crippen molar-refractivity contribution in [1.29, 1.82) is 0 Å². The second-order valence-electron chi connectivity index (χ2n) is 5.79. The zero-order valence-corrected chi connectivity index (χ0v) is 11.7. The summed E-state index contributed by atoms with van der Waals surface area (Å²) in [5.74, 6) is -0.616. The van der Waals surface area contributed by atoms with Gasteiger partial charge in [-0.1, -0.05) is 60.7 Å². The topological polar surface area (TPSA) is 37.4 Å². The molecule has 0 N–H and O–H groups in total. The molecule has 0 bridgehead atoms. The number of piperidine rings is 1. The summed E-state index contributed by atoms with van der Waals surface area (Å²) in [6.45, 7) is 0. The molecule has 0 radical (unpaired) electrons. The Morgan fingerprint density at radius 2 is 1.14 bits per heavy atom. The van der Waals surface area contributed by atoms with E-state index in [1.54, 1.807) is 7.05 Å². The van der Waals surface area contributed by atoms with E-state index in [0.717, 1.165) is 11.1 Å². The van der Waals surface area contributed by atoms with Gasteiger partial charge in [0.25, 0.3) is 0 Å². The van der Waals surface area contributed by atoms with Crippen LogP contribution in [0.15, 0.2) is 60.7 Å². The first-order chi connectivity index (χ1) is 10.2. The minimum absolute atomic E-state index is 0.0577. The van der Waals surface area contributed by atoms with E-state index in [0.29, 0.717) is 0 Å². The number of benzene rings is 2. The predicted molar refractivity (Wildman–Crippen MR) is 78.4 cm³/mol. The summed E-state index contributed by atoms with van der Waals surface area (Å²) in [5, 5.41) is 0. The standard InChI is InChI=1S/C18H15NO2/c1-19-16(20)14-15(17(19)21)18(14,12-8-4-2-5-9-12)13-10-6-3-7-11-13/h2-11,14-15H,1H3/t14-,15+. The van der Waals surface area contributed by atoms with Crippen molar-refractivity contribution in [3.05, 3.63) is 71.8 Å². The quantitative estimate of drug-likeness (QED) is 0.789. The molecule has 1 aliphatic heterocycles. The zero-order chi connectivity index (χ0) is 14.6. The number of imide groups is 1. The van der Waals surface area contributed by atoms with E-state index in [4.69, 9.17) is 0 Å². The number of nitrogens with zero attached hydrogens (tertiary/aromatic N) is 1. The Labute approximate surface area is 123 Å². The van der Waals surface area contributed by atoms with Gasteiger partial charge in [-0.15, -0.1) is 0 Å². The molecule has 2 atom stereocenters. The van der Waals surface area contributed by atoms with Gasteiger partial charge in [0.15, 0.2) is 0 Å². The van der Waals surface area contributed by atoms with Crippen LogP contribution >= 0.6 is 0 Å². The van der Waals surface area contributed by atoms with E-state index in [9.17, 15) is 9.59 Å². The van der Waals surface area contributed by atoms with E-state index in [1.807, 2.05) is 60.7 Å². The monoisotopic (exact) mass is 277 g/mol. The molecular weight excluding hydrogens is 262 g/mol. The molecule has 21 heavy (non-hydrogen) atoms. The Kier molecular flexibility index (Phi) is 2.37. The largest absolute Gasteiger partial charge is 0.285 e. The third-order valence-electron chi connectivity index (χ3n) is 4.90. The van der Waals surface area contributed by atoms with E-state index < -0.39 is 5.41 Å². The Bertz CT molecular complexity index is 660. The highest BCUT2D eigenvalue weighted by molar-refractivity contribution is 6.12. The molecule has 3 heteroatoms. The number of amides is 2. The Balaban J connectivity index is 1.92. The summed E-state index contributed by atoms with van der Waals surface area (Å²) in [6.07, 6.45) is 0. The van der Waals surface area contributed by atoms with Crippen LogP contribution in [0.4, 0.5) is 0 Å². The minimum Gasteiger partial charge on any atom is -0.285 e. The van der Waals surface area contributed by atoms with Gasteiger partial charge in [-0.2, -0.15) is 0 Å². The van der Waals surface area contributed by atoms with E-state index in [1.165, 1.54) is 4.90 Å². The van der Waals surface area contributed by atoms with Gasteiger partial charge in [-0.3, -0.25) is 14.5 Å².